The summed E-state index contributed by atoms with van der Waals surface area (Å²) in [5.74, 6) is 0.441. The monoisotopic (exact) mass is 376 g/mol. The highest BCUT2D eigenvalue weighted by molar-refractivity contribution is 5.59. The minimum Gasteiger partial charge on any atom is -0.507 e. The molecule has 0 unspecified atom stereocenters. The highest BCUT2D eigenvalue weighted by Gasteiger charge is 2.36. The van der Waals surface area contributed by atoms with Gasteiger partial charge in [-0.25, -0.2) is 0 Å². The molecule has 1 aliphatic rings. The van der Waals surface area contributed by atoms with Crippen LogP contribution < -0.4 is 0 Å². The summed E-state index contributed by atoms with van der Waals surface area (Å²) >= 11 is 0. The molecule has 0 radical (unpaired) electrons. The largest absolute Gasteiger partial charge is 0.507 e. The van der Waals surface area contributed by atoms with Crippen molar-refractivity contribution >= 4 is 0 Å². The summed E-state index contributed by atoms with van der Waals surface area (Å²) in [5, 5.41) is 22.1. The van der Waals surface area contributed by atoms with Crippen molar-refractivity contribution in [1.29, 1.82) is 0 Å². The molecule has 148 valence electrons. The summed E-state index contributed by atoms with van der Waals surface area (Å²) in [6.45, 7) is 14.6. The van der Waals surface area contributed by atoms with E-state index in [1.807, 2.05) is 26.0 Å². The van der Waals surface area contributed by atoms with Gasteiger partial charge in [-0.2, -0.15) is 0 Å². The normalized spacial score (nSPS) is 16.1. The van der Waals surface area contributed by atoms with E-state index >= 15 is 0 Å². The van der Waals surface area contributed by atoms with E-state index < -0.39 is 0 Å². The molecule has 3 rings (SSSR count). The molecule has 0 saturated heterocycles. The maximum absolute atomic E-state index is 11.0. The minimum absolute atomic E-state index is 0.0717. The lowest BCUT2D eigenvalue weighted by molar-refractivity contribution is 0.407. The highest BCUT2D eigenvalue weighted by atomic mass is 16.3. The molecule has 28 heavy (non-hydrogen) atoms. The summed E-state index contributed by atoms with van der Waals surface area (Å²) in [7, 11) is 0. The zero-order valence-corrected chi connectivity index (χ0v) is 18.1. The van der Waals surface area contributed by atoms with Crippen LogP contribution in [0.25, 0.3) is 0 Å². The van der Waals surface area contributed by atoms with Crippen molar-refractivity contribution in [2.75, 3.05) is 0 Å². The number of benzene rings is 2. The maximum Gasteiger partial charge on any atom is 0.122 e. The van der Waals surface area contributed by atoms with Crippen LogP contribution >= 0.6 is 0 Å². The number of phenols is 2. The van der Waals surface area contributed by atoms with Crippen molar-refractivity contribution in [3.8, 4) is 11.5 Å². The fourth-order valence-corrected chi connectivity index (χ4v) is 4.79. The number of hydrogen-bond acceptors (Lipinski definition) is 2. The number of aryl methyl sites for hydroxylation is 4. The van der Waals surface area contributed by atoms with Crippen molar-refractivity contribution in [3.05, 3.63) is 80.9 Å². The van der Waals surface area contributed by atoms with Crippen molar-refractivity contribution in [2.45, 2.75) is 60.8 Å². The van der Waals surface area contributed by atoms with Gasteiger partial charge in [-0.3, -0.25) is 0 Å². The van der Waals surface area contributed by atoms with Gasteiger partial charge in [0.25, 0.3) is 0 Å². The van der Waals surface area contributed by atoms with E-state index in [2.05, 4.69) is 58.9 Å². The Morgan fingerprint density at radius 3 is 1.68 bits per heavy atom. The molecule has 0 amide bonds. The van der Waals surface area contributed by atoms with E-state index in [0.717, 1.165) is 39.8 Å². The molecule has 0 aliphatic heterocycles. The third kappa shape index (κ3) is 3.48. The average molecular weight is 377 g/mol. The fraction of sp³-hybridized carbons (Fsp3) is 0.385. The van der Waals surface area contributed by atoms with Gasteiger partial charge in [0.05, 0.1) is 0 Å². The van der Waals surface area contributed by atoms with E-state index in [4.69, 9.17) is 0 Å². The number of phenolic OH excluding ortho intramolecular Hbond substituents is 2. The van der Waals surface area contributed by atoms with Crippen LogP contribution in [0.1, 0.15) is 66.5 Å². The Morgan fingerprint density at radius 1 is 0.786 bits per heavy atom. The van der Waals surface area contributed by atoms with Crippen LogP contribution in [0.15, 0.2) is 47.6 Å². The van der Waals surface area contributed by atoms with Crippen LogP contribution in [-0.2, 0) is 0 Å². The van der Waals surface area contributed by atoms with Gasteiger partial charge >= 0.3 is 0 Å². The summed E-state index contributed by atoms with van der Waals surface area (Å²) in [6.07, 6.45) is 5.33. The van der Waals surface area contributed by atoms with Crippen molar-refractivity contribution < 1.29 is 10.2 Å². The molecule has 2 N–H and O–H groups in total. The molecule has 2 aromatic carbocycles. The third-order valence-electron chi connectivity index (χ3n) is 6.01. The van der Waals surface area contributed by atoms with Crippen LogP contribution in [-0.4, -0.2) is 10.2 Å². The molecule has 1 aliphatic carbocycles. The van der Waals surface area contributed by atoms with Crippen LogP contribution in [0.3, 0.4) is 0 Å². The Balaban J connectivity index is 2.42. The first kappa shape index (κ1) is 20.3. The molecular weight excluding hydrogens is 344 g/mol. The van der Waals surface area contributed by atoms with Crippen LogP contribution in [0.4, 0.5) is 0 Å². The van der Waals surface area contributed by atoms with Gasteiger partial charge in [0.15, 0.2) is 0 Å². The van der Waals surface area contributed by atoms with Gasteiger partial charge in [0.1, 0.15) is 11.5 Å². The molecule has 0 bridgehead atoms. The number of hydrogen-bond donors (Lipinski definition) is 2. The molecule has 0 aromatic heterocycles. The van der Waals surface area contributed by atoms with Gasteiger partial charge in [-0.05, 0) is 63.2 Å². The molecule has 0 saturated carbocycles. The summed E-state index contributed by atoms with van der Waals surface area (Å²) in [5.41, 5.74) is 8.10. The number of allylic oxidation sites excluding steroid dienone is 4. The van der Waals surface area contributed by atoms with Gasteiger partial charge < -0.3 is 10.2 Å². The predicted octanol–water partition coefficient (Wildman–Crippen LogP) is 6.77. The fourth-order valence-electron chi connectivity index (χ4n) is 4.79. The van der Waals surface area contributed by atoms with Gasteiger partial charge in [0, 0.05) is 17.0 Å². The number of aromatic hydroxyl groups is 2. The first-order chi connectivity index (χ1) is 13.0. The van der Waals surface area contributed by atoms with Gasteiger partial charge in [-0.15, -0.1) is 0 Å². The van der Waals surface area contributed by atoms with Crippen LogP contribution in [0.2, 0.25) is 0 Å². The Labute approximate surface area is 169 Å². The zero-order valence-electron chi connectivity index (χ0n) is 18.1. The van der Waals surface area contributed by atoms with Gasteiger partial charge in [0.2, 0.25) is 0 Å². The van der Waals surface area contributed by atoms with Crippen LogP contribution in [0, 0.1) is 33.1 Å². The number of rotatable bonds is 3. The average Bonchev–Trinajstić information content (AvgIpc) is 2.58. The van der Waals surface area contributed by atoms with Gasteiger partial charge in [-0.1, -0.05) is 67.0 Å². The lowest BCUT2D eigenvalue weighted by atomic mass is 9.66. The molecule has 0 heterocycles. The molecule has 0 spiro atoms. The molecule has 0 atom stereocenters. The van der Waals surface area contributed by atoms with E-state index in [-0.39, 0.29) is 11.3 Å². The summed E-state index contributed by atoms with van der Waals surface area (Å²) < 4.78 is 0. The van der Waals surface area contributed by atoms with E-state index in [1.54, 1.807) is 0 Å². The Bertz CT molecular complexity index is 932. The smallest absolute Gasteiger partial charge is 0.122 e. The Morgan fingerprint density at radius 2 is 1.25 bits per heavy atom. The van der Waals surface area contributed by atoms with Crippen LogP contribution in [0.5, 0.6) is 11.5 Å². The minimum atomic E-state index is -0.197. The quantitative estimate of drug-likeness (QED) is 0.621. The standard InChI is InChI=1S/C26H32O2/c1-15-11-18(4)24(27)20(13-15)22(21-14-16(2)12-19(5)25(21)28)23-17(3)9-8-10-26(23,6)7/h8-9,11-14,22,27-28H,10H2,1-7H3. The molecule has 2 heteroatoms. The lowest BCUT2D eigenvalue weighted by Crippen LogP contribution is -2.24. The van der Waals surface area contributed by atoms with E-state index in [9.17, 15) is 10.2 Å². The summed E-state index contributed by atoms with van der Waals surface area (Å²) in [6, 6.07) is 8.15. The zero-order chi connectivity index (χ0) is 20.8. The molecule has 2 aromatic rings. The second kappa shape index (κ2) is 7.16. The SMILES string of the molecule is CC1=C(C(c2cc(C)cc(C)c2O)c2cc(C)cc(C)c2O)C(C)(C)CC=C1. The van der Waals surface area contributed by atoms with E-state index in [1.165, 1.54) is 11.1 Å². The summed E-state index contributed by atoms with van der Waals surface area (Å²) in [4.78, 5) is 0. The Kier molecular flexibility index (Phi) is 5.18. The maximum atomic E-state index is 11.0. The molecule has 2 nitrogen and oxygen atoms in total. The molecule has 0 fully saturated rings. The van der Waals surface area contributed by atoms with Crippen molar-refractivity contribution in [1.82, 2.24) is 0 Å². The first-order valence-corrected chi connectivity index (χ1v) is 10.0. The van der Waals surface area contributed by atoms with E-state index in [0.29, 0.717) is 11.5 Å². The second-order valence-corrected chi connectivity index (χ2v) is 9.06. The lowest BCUT2D eigenvalue weighted by Gasteiger charge is -2.38. The Hall–Kier alpha value is -2.48. The highest BCUT2D eigenvalue weighted by Crippen LogP contribution is 2.52. The second-order valence-electron chi connectivity index (χ2n) is 9.06. The van der Waals surface area contributed by atoms with Crippen molar-refractivity contribution in [2.24, 2.45) is 5.41 Å². The third-order valence-corrected chi connectivity index (χ3v) is 6.01. The topological polar surface area (TPSA) is 40.5 Å². The predicted molar refractivity (Wildman–Crippen MR) is 117 cm³/mol. The van der Waals surface area contributed by atoms with Crippen molar-refractivity contribution in [3.63, 3.8) is 0 Å². The molecular formula is C26H32O2. The first-order valence-electron chi connectivity index (χ1n) is 10.0.